The van der Waals surface area contributed by atoms with Crippen LogP contribution in [-0.2, 0) is 48.4 Å². The second-order valence-electron chi connectivity index (χ2n) is 13.6. The molecule has 14 nitrogen and oxygen atoms in total. The fourth-order valence-corrected chi connectivity index (χ4v) is 7.26. The van der Waals surface area contributed by atoms with Gasteiger partial charge in [-0.2, -0.15) is 0 Å². The zero-order chi connectivity index (χ0) is 37.3. The van der Waals surface area contributed by atoms with Crippen molar-refractivity contribution >= 4 is 50.6 Å². The highest BCUT2D eigenvalue weighted by Crippen LogP contribution is 2.30. The Bertz CT molecular complexity index is 1680. The number of ketones is 1. The molecule has 0 bridgehead atoms. The van der Waals surface area contributed by atoms with Crippen LogP contribution >= 0.6 is 0 Å². The van der Waals surface area contributed by atoms with Crippen LogP contribution in [0.1, 0.15) is 65.4 Å². The molecule has 3 aliphatic rings. The number of hydrogen-bond acceptors (Lipinski definition) is 10. The molecule has 0 aromatic heterocycles. The topological polar surface area (TPSA) is 186 Å². The van der Waals surface area contributed by atoms with Crippen LogP contribution in [0.2, 0.25) is 0 Å². The van der Waals surface area contributed by atoms with E-state index in [4.69, 9.17) is 9.57 Å². The molecule has 2 unspecified atom stereocenters. The molecular weight excluding hydrogens is 680 g/mol. The number of hydrazine groups is 1. The number of amides is 4. The molecular formula is C36H46N4O10S. The van der Waals surface area contributed by atoms with Crippen LogP contribution in [0.4, 0.5) is 0 Å². The highest BCUT2D eigenvalue weighted by atomic mass is 32.2. The first-order chi connectivity index (χ1) is 24.2. The predicted octanol–water partition coefficient (Wildman–Crippen LogP) is 2.84. The van der Waals surface area contributed by atoms with Crippen LogP contribution in [0.5, 0.6) is 0 Å². The number of rotatable bonds is 16. The van der Waals surface area contributed by atoms with Gasteiger partial charge in [-0.3, -0.25) is 39.1 Å². The van der Waals surface area contributed by atoms with E-state index in [1.54, 1.807) is 26.0 Å². The van der Waals surface area contributed by atoms with Crippen molar-refractivity contribution in [1.29, 1.82) is 0 Å². The zero-order valence-electron chi connectivity index (χ0n) is 29.3. The summed E-state index contributed by atoms with van der Waals surface area (Å²) < 4.78 is 33.5. The van der Waals surface area contributed by atoms with Crippen molar-refractivity contribution in [2.45, 2.75) is 66.1 Å². The van der Waals surface area contributed by atoms with Crippen LogP contribution in [-0.4, -0.2) is 78.2 Å². The Morgan fingerprint density at radius 1 is 1.02 bits per heavy atom. The van der Waals surface area contributed by atoms with Crippen LogP contribution in [0.3, 0.4) is 0 Å². The van der Waals surface area contributed by atoms with Crippen molar-refractivity contribution in [3.63, 3.8) is 0 Å². The summed E-state index contributed by atoms with van der Waals surface area (Å²) in [5.41, 5.74) is 5.55. The van der Waals surface area contributed by atoms with Gasteiger partial charge in [0.15, 0.2) is 12.1 Å². The maximum Gasteiger partial charge on any atom is 0.295 e. The lowest BCUT2D eigenvalue weighted by molar-refractivity contribution is -0.203. The van der Waals surface area contributed by atoms with Crippen LogP contribution in [0.25, 0.3) is 6.08 Å². The first-order valence-corrected chi connectivity index (χ1v) is 18.6. The van der Waals surface area contributed by atoms with Crippen molar-refractivity contribution in [2.75, 3.05) is 19.7 Å². The second kappa shape index (κ2) is 17.8. The average molecular weight is 727 g/mol. The standard InChI is InChI=1S/C36H46N4O10S/c1-23(2)20-28(26(15-10-14-25-12-6-5-7-13-25)34(44)38-50-31-18-8-9-19-49-31)33(43)37-40(21-24(3)4)51(47,48)30(42)22-39-35(45)27-16-11-17-29(41)32(27)36(39)46/h5-7,10-14,16-17,23-24,26,28,31-32H,8-9,15,18-22H2,1-4H3,(H,37,43)(H,38,44)/b14-10+/t26-,28+,31?,32?/m0/s1. The minimum Gasteiger partial charge on any atom is -0.350 e. The molecule has 0 radical (unpaired) electrons. The lowest BCUT2D eigenvalue weighted by Gasteiger charge is -2.30. The van der Waals surface area contributed by atoms with E-state index in [1.165, 1.54) is 12.2 Å². The predicted molar refractivity (Wildman–Crippen MR) is 185 cm³/mol. The minimum absolute atomic E-state index is 0.0834. The van der Waals surface area contributed by atoms with E-state index in [0.29, 0.717) is 22.3 Å². The highest BCUT2D eigenvalue weighted by Gasteiger charge is 2.49. The summed E-state index contributed by atoms with van der Waals surface area (Å²) in [6.07, 6.45) is 9.16. The van der Waals surface area contributed by atoms with Gasteiger partial charge in [-0.05, 0) is 49.2 Å². The second-order valence-corrected chi connectivity index (χ2v) is 15.4. The van der Waals surface area contributed by atoms with Crippen molar-refractivity contribution in [3.8, 4) is 0 Å². The van der Waals surface area contributed by atoms with Gasteiger partial charge in [0.25, 0.3) is 21.0 Å². The summed E-state index contributed by atoms with van der Waals surface area (Å²) in [7, 11) is -5.02. The van der Waals surface area contributed by atoms with E-state index in [1.807, 2.05) is 44.2 Å². The number of carbonyl (C=O) groups excluding carboxylic acids is 6. The van der Waals surface area contributed by atoms with Gasteiger partial charge in [0, 0.05) is 25.1 Å². The van der Waals surface area contributed by atoms with Gasteiger partial charge < -0.3 is 4.74 Å². The van der Waals surface area contributed by atoms with Gasteiger partial charge in [-0.1, -0.05) is 82.3 Å². The fourth-order valence-electron chi connectivity index (χ4n) is 6.01. The Morgan fingerprint density at radius 2 is 1.75 bits per heavy atom. The Kier molecular flexibility index (Phi) is 13.7. The summed E-state index contributed by atoms with van der Waals surface area (Å²) in [6.45, 7) is 6.04. The van der Waals surface area contributed by atoms with Gasteiger partial charge in [0.2, 0.25) is 17.7 Å². The molecule has 0 saturated carbocycles. The number of nitrogens with zero attached hydrogens (tertiary/aromatic N) is 2. The molecule has 2 N–H and O–H groups in total. The SMILES string of the molecule is CC(C)C[C@@H](C(=O)NN(CC(C)C)S(=O)(=O)C(=O)CN1C(=O)C2=CC=CC(=O)C2C1=O)[C@H](C/C=C/c1ccccc1)C(=O)NOC1CCCCO1. The van der Waals surface area contributed by atoms with Crippen molar-refractivity contribution in [2.24, 2.45) is 29.6 Å². The largest absolute Gasteiger partial charge is 0.350 e. The van der Waals surface area contributed by atoms with E-state index >= 15 is 0 Å². The third-order valence-electron chi connectivity index (χ3n) is 8.58. The third kappa shape index (κ3) is 10.2. The van der Waals surface area contributed by atoms with Gasteiger partial charge in [0.1, 0.15) is 12.5 Å². The Morgan fingerprint density at radius 3 is 2.37 bits per heavy atom. The molecule has 276 valence electrons. The molecule has 2 heterocycles. The van der Waals surface area contributed by atoms with Crippen molar-refractivity contribution < 1.29 is 46.8 Å². The Balaban J connectivity index is 1.57. The lowest BCUT2D eigenvalue weighted by atomic mass is 9.82. The van der Waals surface area contributed by atoms with Crippen molar-refractivity contribution in [1.82, 2.24) is 20.2 Å². The number of ether oxygens (including phenoxy) is 1. The van der Waals surface area contributed by atoms with Crippen LogP contribution in [0.15, 0.2) is 60.2 Å². The molecule has 4 amide bonds. The summed E-state index contributed by atoms with van der Waals surface area (Å²) >= 11 is 0. The van der Waals surface area contributed by atoms with Crippen LogP contribution < -0.4 is 10.9 Å². The number of hydrogen-bond donors (Lipinski definition) is 2. The normalized spacial score (nSPS) is 20.6. The van der Waals surface area contributed by atoms with E-state index in [2.05, 4.69) is 10.9 Å². The first kappa shape index (κ1) is 39.5. The lowest BCUT2D eigenvalue weighted by Crippen LogP contribution is -2.55. The molecule has 4 rings (SSSR count). The Labute approximate surface area is 298 Å². The Hall–Kier alpha value is -4.31. The highest BCUT2D eigenvalue weighted by molar-refractivity contribution is 8.04. The summed E-state index contributed by atoms with van der Waals surface area (Å²) in [5, 5.41) is -1.54. The van der Waals surface area contributed by atoms with E-state index in [9.17, 15) is 37.2 Å². The van der Waals surface area contributed by atoms with E-state index < -0.39 is 75.1 Å². The van der Waals surface area contributed by atoms with E-state index in [0.717, 1.165) is 24.5 Å². The van der Waals surface area contributed by atoms with Gasteiger partial charge in [-0.25, -0.2) is 18.7 Å². The molecule has 1 aliphatic carbocycles. The summed E-state index contributed by atoms with van der Waals surface area (Å²) in [5.74, 6) is -8.09. The van der Waals surface area contributed by atoms with Gasteiger partial charge >= 0.3 is 0 Å². The summed E-state index contributed by atoms with van der Waals surface area (Å²) in [6, 6.07) is 9.34. The van der Waals surface area contributed by atoms with Crippen molar-refractivity contribution in [3.05, 3.63) is 65.8 Å². The quantitative estimate of drug-likeness (QED) is 0.146. The fraction of sp³-hybridized carbons (Fsp3) is 0.500. The first-order valence-electron chi connectivity index (χ1n) is 17.1. The number of benzene rings is 1. The molecule has 1 aromatic carbocycles. The van der Waals surface area contributed by atoms with E-state index in [-0.39, 0.29) is 36.8 Å². The zero-order valence-corrected chi connectivity index (χ0v) is 30.1. The minimum atomic E-state index is -5.02. The molecule has 1 aromatic rings. The number of nitrogens with one attached hydrogen (secondary N) is 2. The van der Waals surface area contributed by atoms with Gasteiger partial charge in [0.05, 0.1) is 11.8 Å². The third-order valence-corrected chi connectivity index (χ3v) is 10.1. The molecule has 4 atom stereocenters. The number of likely N-dealkylation sites (tertiary alicyclic amines) is 1. The molecule has 2 fully saturated rings. The number of sulfonamides is 1. The number of carbonyl (C=O) groups is 6. The number of allylic oxidation sites excluding steroid dienone is 4. The molecule has 2 saturated heterocycles. The molecule has 15 heteroatoms. The van der Waals surface area contributed by atoms with Crippen LogP contribution in [0, 0.1) is 29.6 Å². The molecule has 2 aliphatic heterocycles. The summed E-state index contributed by atoms with van der Waals surface area (Å²) in [4.78, 5) is 85.3. The van der Waals surface area contributed by atoms with Gasteiger partial charge in [-0.15, -0.1) is 4.41 Å². The number of hydroxylamine groups is 1. The number of fused-ring (bicyclic) bond motifs is 1. The molecule has 0 spiro atoms. The maximum atomic E-state index is 14.1. The smallest absolute Gasteiger partial charge is 0.295 e. The monoisotopic (exact) mass is 726 g/mol. The molecule has 51 heavy (non-hydrogen) atoms. The maximum absolute atomic E-state index is 14.1. The number of imide groups is 1. The average Bonchev–Trinajstić information content (AvgIpc) is 3.34.